The minimum Gasteiger partial charge on any atom is -0.310 e. The molecule has 0 amide bonds. The zero-order chi connectivity index (χ0) is 35.1. The molecule has 3 saturated carbocycles. The molecule has 5 aliphatic rings. The molecule has 0 aliphatic heterocycles. The van der Waals surface area contributed by atoms with Crippen molar-refractivity contribution in [3.05, 3.63) is 162 Å². The number of nitrogens with zero attached hydrogens (tertiary/aromatic N) is 1. The average Bonchev–Trinajstić information content (AvgIpc) is 3.89. The van der Waals surface area contributed by atoms with Crippen LogP contribution in [0.25, 0.3) is 33.4 Å². The molecule has 0 heterocycles. The quantitative estimate of drug-likeness (QED) is 0.174. The van der Waals surface area contributed by atoms with Crippen LogP contribution in [-0.2, 0) is 10.8 Å². The zero-order valence-electron chi connectivity index (χ0n) is 31.0. The Labute approximate surface area is 315 Å². The first kappa shape index (κ1) is 31.6. The molecule has 3 fully saturated rings. The smallest absolute Gasteiger partial charge is 0.0540 e. The number of hydrogen-bond donors (Lipinski definition) is 0. The number of rotatable bonds is 5. The summed E-state index contributed by atoms with van der Waals surface area (Å²) in [5.41, 5.74) is 18.6. The van der Waals surface area contributed by atoms with Crippen molar-refractivity contribution in [2.24, 2.45) is 17.8 Å². The van der Waals surface area contributed by atoms with E-state index in [-0.39, 0.29) is 10.8 Å². The first-order valence-electron chi connectivity index (χ1n) is 20.6. The topological polar surface area (TPSA) is 3.24 Å². The van der Waals surface area contributed by atoms with Crippen molar-refractivity contribution in [3.8, 4) is 33.4 Å². The van der Waals surface area contributed by atoms with Crippen LogP contribution in [0.4, 0.5) is 17.1 Å². The molecule has 1 nitrogen and oxygen atoms in total. The van der Waals surface area contributed by atoms with E-state index in [0.717, 1.165) is 17.8 Å². The third-order valence-corrected chi connectivity index (χ3v) is 14.8. The number of fused-ring (bicyclic) bond motifs is 8. The van der Waals surface area contributed by atoms with E-state index in [1.807, 2.05) is 0 Å². The lowest BCUT2D eigenvalue weighted by atomic mass is 9.49. The third kappa shape index (κ3) is 4.43. The normalized spacial score (nSPS) is 24.1. The van der Waals surface area contributed by atoms with Gasteiger partial charge in [0, 0.05) is 27.8 Å². The standard InChI is InChI=1S/C52H49N/c1-2-35-31-37-17-14-18-38(32-35)52(37)47-23-10-7-21-43(47)45-33-39(26-28-48(45)52)53(50-24-11-8-19-41(50)36-15-4-3-5-16-36)40-25-27-44-42-20-6-9-22-46(42)51(49(44)34-40)29-12-13-30-51/h3-11,15-16,19-28,33-35,37-38H,2,12-14,17-18,29-32H2,1H3. The fourth-order valence-electron chi connectivity index (χ4n) is 12.7. The number of anilines is 3. The summed E-state index contributed by atoms with van der Waals surface area (Å²) >= 11 is 0. The summed E-state index contributed by atoms with van der Waals surface area (Å²) in [7, 11) is 0. The molecule has 0 radical (unpaired) electrons. The van der Waals surface area contributed by atoms with E-state index < -0.39 is 0 Å². The van der Waals surface area contributed by atoms with Crippen LogP contribution in [0.3, 0.4) is 0 Å². The Balaban J connectivity index is 1.13. The van der Waals surface area contributed by atoms with Gasteiger partial charge >= 0.3 is 0 Å². The number of para-hydroxylation sites is 1. The molecule has 6 aromatic rings. The van der Waals surface area contributed by atoms with Crippen LogP contribution in [0, 0.1) is 17.8 Å². The van der Waals surface area contributed by atoms with Gasteiger partial charge in [-0.15, -0.1) is 0 Å². The van der Waals surface area contributed by atoms with Gasteiger partial charge < -0.3 is 4.90 Å². The highest BCUT2D eigenvalue weighted by Crippen LogP contribution is 2.66. The highest BCUT2D eigenvalue weighted by molar-refractivity contribution is 5.93. The molecule has 2 spiro atoms. The van der Waals surface area contributed by atoms with Gasteiger partial charge in [-0.25, -0.2) is 0 Å². The molecular weight excluding hydrogens is 639 g/mol. The maximum atomic E-state index is 2.59. The lowest BCUT2D eigenvalue weighted by Crippen LogP contribution is -2.49. The van der Waals surface area contributed by atoms with Gasteiger partial charge in [0.25, 0.3) is 0 Å². The fraction of sp³-hybridized carbons (Fsp3) is 0.308. The predicted octanol–water partition coefficient (Wildman–Crippen LogP) is 14.2. The molecule has 262 valence electrons. The van der Waals surface area contributed by atoms with Crippen molar-refractivity contribution in [3.63, 3.8) is 0 Å². The first-order valence-corrected chi connectivity index (χ1v) is 20.6. The van der Waals surface area contributed by atoms with Gasteiger partial charge in [-0.3, -0.25) is 0 Å². The Bertz CT molecular complexity index is 2350. The lowest BCUT2D eigenvalue weighted by Gasteiger charge is -2.55. The second-order valence-corrected chi connectivity index (χ2v) is 17.0. The van der Waals surface area contributed by atoms with E-state index in [4.69, 9.17) is 0 Å². The van der Waals surface area contributed by atoms with Crippen molar-refractivity contribution in [1.29, 1.82) is 0 Å². The Morgan fingerprint density at radius 3 is 1.85 bits per heavy atom. The summed E-state index contributed by atoms with van der Waals surface area (Å²) in [5, 5.41) is 0. The van der Waals surface area contributed by atoms with E-state index in [0.29, 0.717) is 0 Å². The van der Waals surface area contributed by atoms with Crippen LogP contribution < -0.4 is 4.90 Å². The molecule has 2 bridgehead atoms. The molecule has 2 unspecified atom stereocenters. The highest BCUT2D eigenvalue weighted by atomic mass is 15.1. The second-order valence-electron chi connectivity index (χ2n) is 17.0. The SMILES string of the molecule is CCC1CC2CCCC(C1)C21c2ccccc2-c2cc(N(c3ccc4c(c3)C3(CCCC3)c3ccccc3-4)c3ccccc3-c3ccccc3)ccc21. The summed E-state index contributed by atoms with van der Waals surface area (Å²) in [6.07, 6.45) is 13.2. The van der Waals surface area contributed by atoms with Crippen molar-refractivity contribution >= 4 is 17.1 Å². The largest absolute Gasteiger partial charge is 0.310 e. The Morgan fingerprint density at radius 1 is 0.509 bits per heavy atom. The van der Waals surface area contributed by atoms with Crippen LogP contribution >= 0.6 is 0 Å². The van der Waals surface area contributed by atoms with Crippen molar-refractivity contribution in [1.82, 2.24) is 0 Å². The summed E-state index contributed by atoms with van der Waals surface area (Å²) in [6, 6.07) is 54.0. The maximum Gasteiger partial charge on any atom is 0.0540 e. The van der Waals surface area contributed by atoms with E-state index in [2.05, 4.69) is 151 Å². The summed E-state index contributed by atoms with van der Waals surface area (Å²) in [5.74, 6) is 2.32. The van der Waals surface area contributed by atoms with Gasteiger partial charge in [0.2, 0.25) is 0 Å². The maximum absolute atomic E-state index is 2.59. The average molecular weight is 688 g/mol. The first-order chi connectivity index (χ1) is 26.2. The van der Waals surface area contributed by atoms with Gasteiger partial charge in [-0.05, 0) is 137 Å². The van der Waals surface area contributed by atoms with Gasteiger partial charge in [0.05, 0.1) is 5.69 Å². The minimum atomic E-state index is 0.116. The fourth-order valence-corrected chi connectivity index (χ4v) is 12.7. The molecule has 0 saturated heterocycles. The van der Waals surface area contributed by atoms with Crippen LogP contribution in [0.1, 0.15) is 93.4 Å². The van der Waals surface area contributed by atoms with Gasteiger partial charge in [-0.1, -0.05) is 142 Å². The van der Waals surface area contributed by atoms with E-state index in [1.165, 1.54) is 120 Å². The Kier molecular flexibility index (Phi) is 7.20. The van der Waals surface area contributed by atoms with E-state index in [1.54, 1.807) is 16.7 Å². The molecule has 1 heteroatoms. The zero-order valence-corrected chi connectivity index (χ0v) is 31.0. The predicted molar refractivity (Wildman–Crippen MR) is 221 cm³/mol. The van der Waals surface area contributed by atoms with Crippen LogP contribution in [0.5, 0.6) is 0 Å². The van der Waals surface area contributed by atoms with Crippen molar-refractivity contribution in [2.45, 2.75) is 82.0 Å². The number of hydrogen-bond acceptors (Lipinski definition) is 1. The van der Waals surface area contributed by atoms with Gasteiger partial charge in [0.1, 0.15) is 0 Å². The van der Waals surface area contributed by atoms with Crippen molar-refractivity contribution in [2.75, 3.05) is 4.90 Å². The van der Waals surface area contributed by atoms with Gasteiger partial charge in [-0.2, -0.15) is 0 Å². The molecule has 6 aromatic carbocycles. The minimum absolute atomic E-state index is 0.116. The van der Waals surface area contributed by atoms with E-state index >= 15 is 0 Å². The van der Waals surface area contributed by atoms with Crippen LogP contribution in [0.2, 0.25) is 0 Å². The van der Waals surface area contributed by atoms with Crippen LogP contribution in [0.15, 0.2) is 140 Å². The molecule has 0 aromatic heterocycles. The summed E-state index contributed by atoms with van der Waals surface area (Å²) in [4.78, 5) is 2.59. The monoisotopic (exact) mass is 687 g/mol. The van der Waals surface area contributed by atoms with E-state index in [9.17, 15) is 0 Å². The summed E-state index contributed by atoms with van der Waals surface area (Å²) < 4.78 is 0. The Hall–Kier alpha value is -4.88. The molecule has 11 rings (SSSR count). The molecule has 5 aliphatic carbocycles. The third-order valence-electron chi connectivity index (χ3n) is 14.8. The second kappa shape index (κ2) is 12.1. The lowest BCUT2D eigenvalue weighted by molar-refractivity contribution is 0.0492. The number of benzene rings is 6. The molecular formula is C52H49N. The summed E-state index contributed by atoms with van der Waals surface area (Å²) in [6.45, 7) is 2.43. The molecule has 2 atom stereocenters. The van der Waals surface area contributed by atoms with Crippen LogP contribution in [-0.4, -0.2) is 0 Å². The molecule has 0 N–H and O–H groups in total. The Morgan fingerprint density at radius 2 is 1.09 bits per heavy atom. The van der Waals surface area contributed by atoms with Crippen molar-refractivity contribution < 1.29 is 0 Å². The van der Waals surface area contributed by atoms with Gasteiger partial charge in [0.15, 0.2) is 0 Å². The highest BCUT2D eigenvalue weighted by Gasteiger charge is 2.57. The molecule has 53 heavy (non-hydrogen) atoms.